The zero-order valence-electron chi connectivity index (χ0n) is 17.8. The molecule has 0 aliphatic carbocycles. The molecule has 1 aromatic carbocycles. The summed E-state index contributed by atoms with van der Waals surface area (Å²) in [6.07, 6.45) is 4.71. The van der Waals surface area contributed by atoms with Crippen LogP contribution in [-0.4, -0.2) is 58.3 Å². The van der Waals surface area contributed by atoms with Gasteiger partial charge in [-0.3, -0.25) is 0 Å². The number of fused-ring (bicyclic) bond motifs is 1. The van der Waals surface area contributed by atoms with Crippen molar-refractivity contribution >= 4 is 11.5 Å². The Bertz CT molecular complexity index is 976. The molecular formula is C21H29FN6O2. The van der Waals surface area contributed by atoms with E-state index in [4.69, 9.17) is 15.2 Å². The zero-order valence-corrected chi connectivity index (χ0v) is 17.8. The number of halogens is 1. The molecule has 0 amide bonds. The number of hydrogen-bond donors (Lipinski definition) is 1. The Morgan fingerprint density at radius 1 is 1.17 bits per heavy atom. The van der Waals surface area contributed by atoms with E-state index in [2.05, 4.69) is 26.9 Å². The van der Waals surface area contributed by atoms with Gasteiger partial charge in [0.2, 0.25) is 0 Å². The first-order valence-electron chi connectivity index (χ1n) is 10.2. The van der Waals surface area contributed by atoms with Crippen molar-refractivity contribution < 1.29 is 13.9 Å². The zero-order chi connectivity index (χ0) is 21.5. The molecule has 0 aliphatic rings. The van der Waals surface area contributed by atoms with Gasteiger partial charge in [0.15, 0.2) is 11.5 Å². The van der Waals surface area contributed by atoms with Gasteiger partial charge in [0, 0.05) is 19.0 Å². The number of hydrogen-bond acceptors (Lipinski definition) is 7. The number of imidazole rings is 1. The first-order valence-corrected chi connectivity index (χ1v) is 10.2. The topological polar surface area (TPSA) is 90.8 Å². The van der Waals surface area contributed by atoms with E-state index in [0.29, 0.717) is 42.3 Å². The number of aromatic nitrogens is 4. The quantitative estimate of drug-likeness (QED) is 0.481. The second-order valence-corrected chi connectivity index (χ2v) is 7.40. The van der Waals surface area contributed by atoms with Crippen LogP contribution >= 0.6 is 0 Å². The molecule has 8 nitrogen and oxygen atoms in total. The smallest absolute Gasteiger partial charge is 0.336 e. The standard InChI is InChI=1S/C21H29FN6O2/c1-4-5-10-30-21-25-19(23)20-24-14-16(28(20)26-21)12-15-7-8-17(13-18(15)22)29-11-6-9-27(2)3/h7-8,13-14H,4-6,9-12H2,1-3H3,(H2,23,25,26). The van der Waals surface area contributed by atoms with Crippen LogP contribution in [0.1, 0.15) is 37.4 Å². The highest BCUT2D eigenvalue weighted by Gasteiger charge is 2.14. The highest BCUT2D eigenvalue weighted by atomic mass is 19.1. The van der Waals surface area contributed by atoms with Crippen molar-refractivity contribution in [1.29, 1.82) is 0 Å². The molecule has 0 aliphatic heterocycles. The molecule has 2 N–H and O–H groups in total. The van der Waals surface area contributed by atoms with Crippen LogP contribution in [0.15, 0.2) is 24.4 Å². The Kier molecular flexibility index (Phi) is 7.40. The van der Waals surface area contributed by atoms with Gasteiger partial charge >= 0.3 is 6.01 Å². The number of rotatable bonds is 11. The average molecular weight is 417 g/mol. The third kappa shape index (κ3) is 5.56. The molecular weight excluding hydrogens is 387 g/mol. The van der Waals surface area contributed by atoms with Crippen LogP contribution in [0.5, 0.6) is 11.8 Å². The maximum atomic E-state index is 14.6. The number of nitrogens with two attached hydrogens (primary N) is 1. The van der Waals surface area contributed by atoms with Crippen LogP contribution in [0, 0.1) is 5.82 Å². The summed E-state index contributed by atoms with van der Waals surface area (Å²) in [5.74, 6) is 0.410. The number of benzene rings is 1. The van der Waals surface area contributed by atoms with Crippen molar-refractivity contribution in [2.24, 2.45) is 0 Å². The van der Waals surface area contributed by atoms with Crippen LogP contribution in [-0.2, 0) is 6.42 Å². The minimum absolute atomic E-state index is 0.189. The van der Waals surface area contributed by atoms with E-state index >= 15 is 0 Å². The van der Waals surface area contributed by atoms with Crippen molar-refractivity contribution in [3.05, 3.63) is 41.5 Å². The normalized spacial score (nSPS) is 11.4. The van der Waals surface area contributed by atoms with E-state index in [0.717, 1.165) is 25.8 Å². The third-order valence-corrected chi connectivity index (χ3v) is 4.58. The number of unbranched alkanes of at least 4 members (excludes halogenated alkanes) is 1. The van der Waals surface area contributed by atoms with E-state index < -0.39 is 0 Å². The summed E-state index contributed by atoms with van der Waals surface area (Å²) >= 11 is 0. The molecule has 0 fully saturated rings. The van der Waals surface area contributed by atoms with Crippen LogP contribution in [0.2, 0.25) is 0 Å². The molecule has 2 aromatic heterocycles. The molecule has 0 spiro atoms. The lowest BCUT2D eigenvalue weighted by Gasteiger charge is -2.11. The molecule has 3 aromatic rings. The van der Waals surface area contributed by atoms with Gasteiger partial charge in [0.1, 0.15) is 11.6 Å². The summed E-state index contributed by atoms with van der Waals surface area (Å²) in [6, 6.07) is 5.10. The Morgan fingerprint density at radius 3 is 2.70 bits per heavy atom. The minimum Gasteiger partial charge on any atom is -0.493 e. The van der Waals surface area contributed by atoms with Gasteiger partial charge in [-0.25, -0.2) is 13.9 Å². The van der Waals surface area contributed by atoms with Gasteiger partial charge in [-0.1, -0.05) is 19.4 Å². The van der Waals surface area contributed by atoms with Gasteiger partial charge in [0.05, 0.1) is 25.1 Å². The summed E-state index contributed by atoms with van der Waals surface area (Å²) in [4.78, 5) is 10.5. The first kappa shape index (κ1) is 21.8. The van der Waals surface area contributed by atoms with E-state index in [1.807, 2.05) is 14.1 Å². The molecule has 162 valence electrons. The SMILES string of the molecule is CCCCOc1nc(N)c2ncc(Cc3ccc(OCCCN(C)C)cc3F)n2n1. The Hall–Kier alpha value is -2.94. The van der Waals surface area contributed by atoms with Gasteiger partial charge in [-0.05, 0) is 38.6 Å². The number of nitrogen functional groups attached to an aromatic ring is 1. The van der Waals surface area contributed by atoms with Crippen molar-refractivity contribution in [3.63, 3.8) is 0 Å². The fraction of sp³-hybridized carbons (Fsp3) is 0.476. The molecule has 0 radical (unpaired) electrons. The molecule has 0 saturated heterocycles. The lowest BCUT2D eigenvalue weighted by atomic mass is 10.1. The molecule has 0 saturated carbocycles. The number of nitrogens with zero attached hydrogens (tertiary/aromatic N) is 5. The Labute approximate surface area is 175 Å². The van der Waals surface area contributed by atoms with E-state index in [9.17, 15) is 4.39 Å². The van der Waals surface area contributed by atoms with Crippen LogP contribution in [0.25, 0.3) is 5.65 Å². The maximum Gasteiger partial charge on any atom is 0.336 e. The molecule has 30 heavy (non-hydrogen) atoms. The summed E-state index contributed by atoms with van der Waals surface area (Å²) in [7, 11) is 4.01. The Morgan fingerprint density at radius 2 is 1.97 bits per heavy atom. The fourth-order valence-corrected chi connectivity index (χ4v) is 2.94. The molecule has 0 unspecified atom stereocenters. The van der Waals surface area contributed by atoms with E-state index in [-0.39, 0.29) is 17.6 Å². The summed E-state index contributed by atoms with van der Waals surface area (Å²) < 4.78 is 27.4. The summed E-state index contributed by atoms with van der Waals surface area (Å²) in [5.41, 5.74) is 7.62. The summed E-state index contributed by atoms with van der Waals surface area (Å²) in [5, 5.41) is 4.37. The van der Waals surface area contributed by atoms with Gasteiger partial charge in [-0.15, -0.1) is 5.10 Å². The summed E-state index contributed by atoms with van der Waals surface area (Å²) in [6.45, 7) is 4.05. The largest absolute Gasteiger partial charge is 0.493 e. The molecule has 2 heterocycles. The Balaban J connectivity index is 1.72. The second-order valence-electron chi connectivity index (χ2n) is 7.40. The predicted octanol–water partition coefficient (Wildman–Crippen LogP) is 2.95. The molecule has 0 atom stereocenters. The van der Waals surface area contributed by atoms with Gasteiger partial charge < -0.3 is 20.1 Å². The highest BCUT2D eigenvalue weighted by molar-refractivity contribution is 5.59. The van der Waals surface area contributed by atoms with Crippen molar-refractivity contribution in [3.8, 4) is 11.8 Å². The van der Waals surface area contributed by atoms with Crippen molar-refractivity contribution in [1.82, 2.24) is 24.5 Å². The van der Waals surface area contributed by atoms with Crippen molar-refractivity contribution in [2.45, 2.75) is 32.6 Å². The van der Waals surface area contributed by atoms with E-state index in [1.54, 1.807) is 22.8 Å². The minimum atomic E-state index is -0.337. The maximum absolute atomic E-state index is 14.6. The van der Waals surface area contributed by atoms with Crippen LogP contribution < -0.4 is 15.2 Å². The first-order chi connectivity index (χ1) is 14.5. The molecule has 9 heteroatoms. The lowest BCUT2D eigenvalue weighted by Crippen LogP contribution is -2.15. The number of anilines is 1. The number of ether oxygens (including phenoxy) is 2. The van der Waals surface area contributed by atoms with Gasteiger partial charge in [0.25, 0.3) is 0 Å². The molecule has 3 rings (SSSR count). The molecule has 0 bridgehead atoms. The van der Waals surface area contributed by atoms with Crippen molar-refractivity contribution in [2.75, 3.05) is 39.6 Å². The van der Waals surface area contributed by atoms with E-state index in [1.165, 1.54) is 6.07 Å². The van der Waals surface area contributed by atoms with Gasteiger partial charge in [-0.2, -0.15) is 4.98 Å². The average Bonchev–Trinajstić information content (AvgIpc) is 3.11. The monoisotopic (exact) mass is 416 g/mol. The lowest BCUT2D eigenvalue weighted by molar-refractivity contribution is 0.280. The third-order valence-electron chi connectivity index (χ3n) is 4.58. The predicted molar refractivity (Wildman–Crippen MR) is 113 cm³/mol. The highest BCUT2D eigenvalue weighted by Crippen LogP contribution is 2.21. The fourth-order valence-electron chi connectivity index (χ4n) is 2.94. The second kappa shape index (κ2) is 10.2. The van der Waals surface area contributed by atoms with Crippen LogP contribution in [0.4, 0.5) is 10.2 Å². The van der Waals surface area contributed by atoms with Crippen LogP contribution in [0.3, 0.4) is 0 Å².